The van der Waals surface area contributed by atoms with Gasteiger partial charge in [0.2, 0.25) is 0 Å². The first-order valence-electron chi connectivity index (χ1n) is 8.75. The SMILES string of the molecule is CCN(C#CP(=[Se])(c1ccccc1)c1ccccc1)Cc1ccccc1. The van der Waals surface area contributed by atoms with E-state index in [-0.39, 0.29) is 0 Å². The second-order valence-corrected chi connectivity index (χ2v) is 11.9. The second kappa shape index (κ2) is 9.07. The maximum absolute atomic E-state index is 3.63. The molecule has 3 rings (SSSR count). The molecule has 0 radical (unpaired) electrons. The zero-order valence-electron chi connectivity index (χ0n) is 14.9. The molecule has 0 aromatic heterocycles. The van der Waals surface area contributed by atoms with Crippen LogP contribution in [0.3, 0.4) is 0 Å². The molecule has 3 aromatic rings. The van der Waals surface area contributed by atoms with Gasteiger partial charge < -0.3 is 0 Å². The third-order valence-electron chi connectivity index (χ3n) is 4.20. The third kappa shape index (κ3) is 4.57. The van der Waals surface area contributed by atoms with Crippen molar-refractivity contribution in [1.82, 2.24) is 4.90 Å². The van der Waals surface area contributed by atoms with Crippen molar-refractivity contribution in [2.45, 2.75) is 13.5 Å². The maximum atomic E-state index is 3.63. The van der Waals surface area contributed by atoms with Gasteiger partial charge in [0.05, 0.1) is 0 Å². The van der Waals surface area contributed by atoms with Crippen molar-refractivity contribution in [2.24, 2.45) is 0 Å². The Morgan fingerprint density at radius 3 is 1.69 bits per heavy atom. The number of nitrogens with zero attached hydrogens (tertiary/aromatic N) is 1. The fraction of sp³-hybridized carbons (Fsp3) is 0.130. The molecular weight excluding hydrogens is 400 g/mol. The summed E-state index contributed by atoms with van der Waals surface area (Å²) in [6.45, 7) is 3.89. The van der Waals surface area contributed by atoms with Crippen LogP contribution in [-0.4, -0.2) is 26.5 Å². The van der Waals surface area contributed by atoms with Gasteiger partial charge in [0, 0.05) is 0 Å². The zero-order valence-corrected chi connectivity index (χ0v) is 17.5. The number of benzene rings is 3. The normalized spacial score (nSPS) is 10.7. The monoisotopic (exact) mass is 423 g/mol. The van der Waals surface area contributed by atoms with Crippen molar-refractivity contribution < 1.29 is 0 Å². The summed E-state index contributed by atoms with van der Waals surface area (Å²) in [6, 6.07) is 35.2. The molecule has 0 saturated carbocycles. The predicted octanol–water partition coefficient (Wildman–Crippen LogP) is 4.18. The van der Waals surface area contributed by atoms with E-state index in [1.54, 1.807) is 0 Å². The van der Waals surface area contributed by atoms with Crippen molar-refractivity contribution in [3.8, 4) is 11.7 Å². The van der Waals surface area contributed by atoms with E-state index < -0.39 is 5.51 Å². The molecule has 0 heterocycles. The molecule has 0 spiro atoms. The summed E-state index contributed by atoms with van der Waals surface area (Å²) < 4.78 is 0. The summed E-state index contributed by atoms with van der Waals surface area (Å²) >= 11 is 3.48. The van der Waals surface area contributed by atoms with Crippen LogP contribution in [0.5, 0.6) is 0 Å². The topological polar surface area (TPSA) is 3.24 Å². The first-order chi connectivity index (χ1) is 12.7. The first kappa shape index (κ1) is 18.8. The molecule has 130 valence electrons. The zero-order chi connectivity index (χ0) is 18.2. The summed E-state index contributed by atoms with van der Waals surface area (Å²) in [5.41, 5.74) is 3.04. The van der Waals surface area contributed by atoms with Gasteiger partial charge in [-0.3, -0.25) is 0 Å². The first-order valence-corrected chi connectivity index (χ1v) is 12.8. The fourth-order valence-corrected chi connectivity index (χ4v) is 6.54. The molecule has 26 heavy (non-hydrogen) atoms. The van der Waals surface area contributed by atoms with E-state index >= 15 is 0 Å². The van der Waals surface area contributed by atoms with Crippen LogP contribution in [0.15, 0.2) is 91.0 Å². The van der Waals surface area contributed by atoms with Gasteiger partial charge in [-0.15, -0.1) is 0 Å². The van der Waals surface area contributed by atoms with E-state index in [2.05, 4.69) is 124 Å². The molecule has 0 atom stereocenters. The minimum atomic E-state index is -1.87. The van der Waals surface area contributed by atoms with E-state index in [0.29, 0.717) is 0 Å². The van der Waals surface area contributed by atoms with E-state index in [0.717, 1.165) is 13.1 Å². The average molecular weight is 422 g/mol. The molecule has 3 aromatic carbocycles. The fourth-order valence-electron chi connectivity index (χ4n) is 2.73. The molecule has 0 N–H and O–H groups in total. The van der Waals surface area contributed by atoms with Crippen LogP contribution in [-0.2, 0) is 6.54 Å². The van der Waals surface area contributed by atoms with Crippen LogP contribution in [0.4, 0.5) is 0 Å². The summed E-state index contributed by atoms with van der Waals surface area (Å²) in [5.74, 6) is 0. The Morgan fingerprint density at radius 1 is 0.769 bits per heavy atom. The summed E-state index contributed by atoms with van der Waals surface area (Å²) in [5, 5.41) is 2.55. The Kier molecular flexibility index (Phi) is 6.54. The standard InChI is InChI=1S/C23H22NPSe/c1-2-24(20-21-12-6-3-7-13-21)18-19-25(26,22-14-8-4-9-15-22)23-16-10-5-11-17-23/h3-17H,2,20H2,1H3. The van der Waals surface area contributed by atoms with Crippen molar-refractivity contribution in [2.75, 3.05) is 6.54 Å². The van der Waals surface area contributed by atoms with Gasteiger partial charge in [-0.05, 0) is 0 Å². The van der Waals surface area contributed by atoms with E-state index in [9.17, 15) is 0 Å². The van der Waals surface area contributed by atoms with E-state index in [1.165, 1.54) is 16.2 Å². The number of hydrogen-bond acceptors (Lipinski definition) is 1. The molecule has 0 amide bonds. The Hall–Kier alpha value is -2.03. The molecular formula is C23H22NPSe. The Balaban J connectivity index is 1.97. The summed E-state index contributed by atoms with van der Waals surface area (Å²) in [7, 11) is 0. The van der Waals surface area contributed by atoms with Gasteiger partial charge >= 0.3 is 164 Å². The van der Waals surface area contributed by atoms with E-state index in [1.807, 2.05) is 6.07 Å². The van der Waals surface area contributed by atoms with Gasteiger partial charge in [-0.1, -0.05) is 0 Å². The van der Waals surface area contributed by atoms with E-state index in [4.69, 9.17) is 0 Å². The van der Waals surface area contributed by atoms with Crippen LogP contribution in [0.2, 0.25) is 0 Å². The quantitative estimate of drug-likeness (QED) is 0.258. The third-order valence-corrected chi connectivity index (χ3v) is 9.90. The molecule has 0 fully saturated rings. The van der Waals surface area contributed by atoms with Crippen LogP contribution < -0.4 is 10.6 Å². The van der Waals surface area contributed by atoms with Crippen LogP contribution in [0, 0.1) is 11.7 Å². The van der Waals surface area contributed by atoms with Crippen molar-refractivity contribution >= 4 is 31.2 Å². The molecule has 0 aliphatic carbocycles. The molecule has 3 heteroatoms. The predicted molar refractivity (Wildman–Crippen MR) is 115 cm³/mol. The Morgan fingerprint density at radius 2 is 1.23 bits per heavy atom. The number of rotatable bonds is 5. The van der Waals surface area contributed by atoms with Crippen molar-refractivity contribution in [3.63, 3.8) is 0 Å². The molecule has 0 unspecified atom stereocenters. The van der Waals surface area contributed by atoms with Gasteiger partial charge in [0.1, 0.15) is 0 Å². The van der Waals surface area contributed by atoms with Gasteiger partial charge in [0.25, 0.3) is 0 Å². The van der Waals surface area contributed by atoms with Crippen LogP contribution >= 0.6 is 5.51 Å². The van der Waals surface area contributed by atoms with Gasteiger partial charge in [-0.2, -0.15) is 0 Å². The summed E-state index contributed by atoms with van der Waals surface area (Å²) in [6.07, 6.45) is 0. The molecule has 0 aliphatic rings. The Labute approximate surface area is 164 Å². The van der Waals surface area contributed by atoms with Crippen LogP contribution in [0.25, 0.3) is 0 Å². The van der Waals surface area contributed by atoms with Gasteiger partial charge in [-0.25, -0.2) is 0 Å². The van der Waals surface area contributed by atoms with Crippen molar-refractivity contribution in [3.05, 3.63) is 96.6 Å². The average Bonchev–Trinajstić information content (AvgIpc) is 2.73. The van der Waals surface area contributed by atoms with Crippen LogP contribution in [0.1, 0.15) is 12.5 Å². The molecule has 0 saturated heterocycles. The minimum absolute atomic E-state index is 0.841. The molecule has 0 aliphatic heterocycles. The summed E-state index contributed by atoms with van der Waals surface area (Å²) in [4.78, 5) is 2.19. The van der Waals surface area contributed by atoms with Crippen molar-refractivity contribution in [1.29, 1.82) is 0 Å². The molecule has 1 nitrogen and oxygen atoms in total. The second-order valence-electron chi connectivity index (χ2n) is 6.00. The Bertz CT molecular complexity index is 884. The number of hydrogen-bond donors (Lipinski definition) is 0. The van der Waals surface area contributed by atoms with Gasteiger partial charge in [0.15, 0.2) is 0 Å². The molecule has 0 bridgehead atoms.